The fraction of sp³-hybridized carbons (Fsp3) is 0. The summed E-state index contributed by atoms with van der Waals surface area (Å²) in [6.07, 6.45) is 2.85. The average molecular weight is 455 g/mol. The van der Waals surface area contributed by atoms with Crippen molar-refractivity contribution in [2.45, 2.75) is 0 Å². The van der Waals surface area contributed by atoms with Gasteiger partial charge in [-0.15, -0.1) is 0 Å². The van der Waals surface area contributed by atoms with Crippen LogP contribution in [0.4, 0.5) is 10.8 Å². The lowest BCUT2D eigenvalue weighted by Gasteiger charge is -2.02. The molecule has 0 unspecified atom stereocenters. The van der Waals surface area contributed by atoms with Crippen molar-refractivity contribution in [3.63, 3.8) is 0 Å². The maximum atomic E-state index is 13.1. The highest BCUT2D eigenvalue weighted by molar-refractivity contribution is 7.18. The molecule has 1 heterocycles. The molecule has 0 radical (unpaired) electrons. The summed E-state index contributed by atoms with van der Waals surface area (Å²) in [6.45, 7) is 0. The van der Waals surface area contributed by atoms with Crippen molar-refractivity contribution in [3.05, 3.63) is 117 Å². The standard InChI is InChI=1S/C25H17N3O4S/c29-21(16-13-17-11-14-20(15-12-17)28(31)32)26-25-27-22(18-7-3-1-4-8-18)24(33-25)23(30)19-9-5-2-6-10-19/h1-16H,(H,26,27,29)/b16-13+. The summed E-state index contributed by atoms with van der Waals surface area (Å²) in [4.78, 5) is 40.8. The van der Waals surface area contributed by atoms with Crippen LogP contribution in [0.3, 0.4) is 0 Å². The first-order chi connectivity index (χ1) is 16.0. The van der Waals surface area contributed by atoms with Gasteiger partial charge in [0.05, 0.1) is 10.6 Å². The molecule has 33 heavy (non-hydrogen) atoms. The maximum Gasteiger partial charge on any atom is 0.269 e. The van der Waals surface area contributed by atoms with E-state index in [1.54, 1.807) is 42.5 Å². The van der Waals surface area contributed by atoms with Crippen molar-refractivity contribution >= 4 is 39.9 Å². The fourth-order valence-electron chi connectivity index (χ4n) is 3.07. The van der Waals surface area contributed by atoms with E-state index < -0.39 is 10.8 Å². The van der Waals surface area contributed by atoms with E-state index in [4.69, 9.17) is 0 Å². The summed E-state index contributed by atoms with van der Waals surface area (Å²) in [5, 5.41) is 13.7. The van der Waals surface area contributed by atoms with Crippen molar-refractivity contribution in [1.82, 2.24) is 4.98 Å². The monoisotopic (exact) mass is 455 g/mol. The highest BCUT2D eigenvalue weighted by atomic mass is 32.1. The van der Waals surface area contributed by atoms with Gasteiger partial charge < -0.3 is 0 Å². The number of nitrogens with zero attached hydrogens (tertiary/aromatic N) is 2. The molecule has 0 saturated carbocycles. The fourth-order valence-corrected chi connectivity index (χ4v) is 4.02. The third kappa shape index (κ3) is 5.25. The number of nitrogens with one attached hydrogen (secondary N) is 1. The van der Waals surface area contributed by atoms with Gasteiger partial charge in [0.15, 0.2) is 5.13 Å². The molecule has 1 amide bonds. The molecule has 0 fully saturated rings. The Morgan fingerprint density at radius 2 is 1.55 bits per heavy atom. The van der Waals surface area contributed by atoms with Gasteiger partial charge in [-0.25, -0.2) is 4.98 Å². The van der Waals surface area contributed by atoms with E-state index in [9.17, 15) is 19.7 Å². The van der Waals surface area contributed by atoms with E-state index >= 15 is 0 Å². The summed E-state index contributed by atoms with van der Waals surface area (Å²) >= 11 is 1.11. The molecule has 8 heteroatoms. The lowest BCUT2D eigenvalue weighted by atomic mass is 10.1. The van der Waals surface area contributed by atoms with Crippen molar-refractivity contribution in [2.24, 2.45) is 0 Å². The number of hydrogen-bond acceptors (Lipinski definition) is 6. The number of aromatic nitrogens is 1. The molecule has 4 aromatic rings. The number of benzene rings is 3. The Labute approximate surface area is 193 Å². The largest absolute Gasteiger partial charge is 0.298 e. The van der Waals surface area contributed by atoms with Crippen molar-refractivity contribution in [2.75, 3.05) is 5.32 Å². The number of hydrogen-bond donors (Lipinski definition) is 1. The molecular weight excluding hydrogens is 438 g/mol. The number of nitro benzene ring substituents is 1. The zero-order valence-corrected chi connectivity index (χ0v) is 18.0. The number of ketones is 1. The number of carbonyl (C=O) groups is 2. The van der Waals surface area contributed by atoms with Crippen LogP contribution < -0.4 is 5.32 Å². The Hall–Kier alpha value is -4.43. The second kappa shape index (κ2) is 9.80. The molecule has 3 aromatic carbocycles. The molecule has 0 bridgehead atoms. The van der Waals surface area contributed by atoms with Gasteiger partial charge in [-0.2, -0.15) is 0 Å². The molecule has 0 saturated heterocycles. The summed E-state index contributed by atoms with van der Waals surface area (Å²) in [5.74, 6) is -0.603. The topological polar surface area (TPSA) is 102 Å². The summed E-state index contributed by atoms with van der Waals surface area (Å²) in [7, 11) is 0. The Kier molecular flexibility index (Phi) is 6.47. The minimum atomic E-state index is -0.485. The van der Waals surface area contributed by atoms with Gasteiger partial charge in [0.25, 0.3) is 5.69 Å². The quantitative estimate of drug-likeness (QED) is 0.169. The number of anilines is 1. The van der Waals surface area contributed by atoms with Crippen LogP contribution in [0.2, 0.25) is 0 Å². The molecule has 0 aliphatic rings. The number of amides is 1. The molecule has 1 aromatic heterocycles. The molecule has 0 atom stereocenters. The second-order valence-corrected chi connectivity index (χ2v) is 7.93. The van der Waals surface area contributed by atoms with Crippen LogP contribution in [0.1, 0.15) is 20.8 Å². The molecule has 0 aliphatic heterocycles. The van der Waals surface area contributed by atoms with E-state index in [2.05, 4.69) is 10.3 Å². The normalized spacial score (nSPS) is 10.8. The Bertz CT molecular complexity index is 1330. The van der Waals surface area contributed by atoms with Crippen molar-refractivity contribution in [1.29, 1.82) is 0 Å². The zero-order valence-electron chi connectivity index (χ0n) is 17.2. The van der Waals surface area contributed by atoms with Crippen LogP contribution in [0.25, 0.3) is 17.3 Å². The average Bonchev–Trinajstić information content (AvgIpc) is 3.27. The third-order valence-electron chi connectivity index (χ3n) is 4.68. The summed E-state index contributed by atoms with van der Waals surface area (Å²) < 4.78 is 0. The lowest BCUT2D eigenvalue weighted by Crippen LogP contribution is -2.07. The molecule has 4 rings (SSSR count). The van der Waals surface area contributed by atoms with Crippen LogP contribution in [0.5, 0.6) is 0 Å². The van der Waals surface area contributed by atoms with E-state index in [-0.39, 0.29) is 11.5 Å². The van der Waals surface area contributed by atoms with Gasteiger partial charge in [0.1, 0.15) is 4.88 Å². The second-order valence-electron chi connectivity index (χ2n) is 6.93. The highest BCUT2D eigenvalue weighted by Gasteiger charge is 2.21. The van der Waals surface area contributed by atoms with Crippen molar-refractivity contribution < 1.29 is 14.5 Å². The van der Waals surface area contributed by atoms with E-state index in [1.165, 1.54) is 18.2 Å². The maximum absolute atomic E-state index is 13.1. The van der Waals surface area contributed by atoms with Crippen LogP contribution >= 0.6 is 11.3 Å². The zero-order chi connectivity index (χ0) is 23.2. The molecular formula is C25H17N3O4S. The van der Waals surface area contributed by atoms with E-state index in [0.717, 1.165) is 16.9 Å². The highest BCUT2D eigenvalue weighted by Crippen LogP contribution is 2.33. The number of carbonyl (C=O) groups excluding carboxylic acids is 2. The predicted octanol–water partition coefficient (Wildman–Crippen LogP) is 5.60. The van der Waals surface area contributed by atoms with Crippen LogP contribution in [0, 0.1) is 10.1 Å². The van der Waals surface area contributed by atoms with Gasteiger partial charge in [0, 0.05) is 29.3 Å². The molecule has 162 valence electrons. The molecule has 0 aliphatic carbocycles. The van der Waals surface area contributed by atoms with Gasteiger partial charge in [0.2, 0.25) is 11.7 Å². The Morgan fingerprint density at radius 3 is 2.18 bits per heavy atom. The number of nitro groups is 1. The number of rotatable bonds is 7. The summed E-state index contributed by atoms with van der Waals surface area (Å²) in [6, 6.07) is 24.0. The lowest BCUT2D eigenvalue weighted by molar-refractivity contribution is -0.384. The van der Waals surface area contributed by atoms with Crippen LogP contribution in [0.15, 0.2) is 91.0 Å². The molecule has 0 spiro atoms. The van der Waals surface area contributed by atoms with Gasteiger partial charge >= 0.3 is 0 Å². The minimum absolute atomic E-state index is 0.0246. The summed E-state index contributed by atoms with van der Waals surface area (Å²) in [5.41, 5.74) is 2.43. The molecule has 7 nitrogen and oxygen atoms in total. The Morgan fingerprint density at radius 1 is 0.909 bits per heavy atom. The first kappa shape index (κ1) is 21.8. The number of thiazole rings is 1. The third-order valence-corrected chi connectivity index (χ3v) is 5.65. The van der Waals surface area contributed by atoms with Gasteiger partial charge in [-0.3, -0.25) is 25.0 Å². The minimum Gasteiger partial charge on any atom is -0.298 e. The molecule has 1 N–H and O–H groups in total. The first-order valence-electron chi connectivity index (χ1n) is 9.91. The van der Waals surface area contributed by atoms with Crippen LogP contribution in [-0.2, 0) is 4.79 Å². The van der Waals surface area contributed by atoms with Crippen LogP contribution in [-0.4, -0.2) is 21.6 Å². The smallest absolute Gasteiger partial charge is 0.269 e. The number of non-ortho nitro benzene ring substituents is 1. The SMILES string of the molecule is O=C(/C=C/c1ccc([N+](=O)[O-])cc1)Nc1nc(-c2ccccc2)c(C(=O)c2ccccc2)s1. The van der Waals surface area contributed by atoms with Gasteiger partial charge in [-0.05, 0) is 23.8 Å². The first-order valence-corrected chi connectivity index (χ1v) is 10.7. The predicted molar refractivity (Wildman–Crippen MR) is 128 cm³/mol. The van der Waals surface area contributed by atoms with Crippen molar-refractivity contribution in [3.8, 4) is 11.3 Å². The van der Waals surface area contributed by atoms with E-state index in [0.29, 0.717) is 26.8 Å². The Balaban J connectivity index is 1.57. The van der Waals surface area contributed by atoms with E-state index in [1.807, 2.05) is 36.4 Å². The van der Waals surface area contributed by atoms with Gasteiger partial charge in [-0.1, -0.05) is 72.0 Å².